The minimum Gasteiger partial charge on any atom is -0.456 e. The zero-order chi connectivity index (χ0) is 37.0. The third-order valence-corrected chi connectivity index (χ3v) is 11.9. The smallest absolute Gasteiger partial charge is 0.164 e. The minimum absolute atomic E-state index is 0.647. The lowest BCUT2D eigenvalue weighted by atomic mass is 9.90. The van der Waals surface area contributed by atoms with Gasteiger partial charge in [0.1, 0.15) is 11.2 Å². The van der Waals surface area contributed by atoms with Crippen molar-refractivity contribution in [2.45, 2.75) is 12.8 Å². The molecule has 5 heteroatoms. The van der Waals surface area contributed by atoms with Crippen LogP contribution in [0.25, 0.3) is 104 Å². The van der Waals surface area contributed by atoms with Gasteiger partial charge in [0.15, 0.2) is 17.5 Å². The molecular weight excluding hydrogens is 703 g/mol. The second kappa shape index (κ2) is 13.4. The fourth-order valence-corrected chi connectivity index (χ4v) is 9.26. The first-order valence-electron chi connectivity index (χ1n) is 19.0. The number of nitrogens with zero attached hydrogens (tertiary/aromatic N) is 3. The summed E-state index contributed by atoms with van der Waals surface area (Å²) < 4.78 is 9.27. The highest BCUT2D eigenvalue weighted by Crippen LogP contribution is 2.46. The molecule has 1 aliphatic carbocycles. The van der Waals surface area contributed by atoms with Crippen molar-refractivity contribution >= 4 is 59.0 Å². The molecule has 11 rings (SSSR count). The van der Waals surface area contributed by atoms with Crippen LogP contribution in [0.3, 0.4) is 0 Å². The zero-order valence-electron chi connectivity index (χ0n) is 30.3. The van der Waals surface area contributed by atoms with Gasteiger partial charge in [-0.3, -0.25) is 0 Å². The van der Waals surface area contributed by atoms with E-state index in [1.807, 2.05) is 41.7 Å². The maximum absolute atomic E-state index is 6.68. The fraction of sp³-hybridized carbons (Fsp3) is 0.0392. The van der Waals surface area contributed by atoms with Crippen LogP contribution in [0.2, 0.25) is 0 Å². The summed E-state index contributed by atoms with van der Waals surface area (Å²) >= 11 is 1.85. The van der Waals surface area contributed by atoms with E-state index >= 15 is 0 Å². The van der Waals surface area contributed by atoms with E-state index in [1.54, 1.807) is 0 Å². The second-order valence-electron chi connectivity index (χ2n) is 14.2. The molecule has 0 saturated carbocycles. The molecule has 0 radical (unpaired) electrons. The number of hydrogen-bond donors (Lipinski definition) is 0. The molecule has 0 amide bonds. The SMILES string of the molecule is C1=CC(c2nc(-c3ccccc3)nc(-c3cccc(-c4cccc5oc6cc(-c7ccc8sc9ccccc9c8c7-c7ccccc7)ccc6c45)c3)n2)=CCC1. The quantitative estimate of drug-likeness (QED) is 0.171. The van der Waals surface area contributed by atoms with Crippen LogP contribution in [0.15, 0.2) is 180 Å². The van der Waals surface area contributed by atoms with E-state index in [0.717, 1.165) is 68.2 Å². The van der Waals surface area contributed by atoms with Crippen molar-refractivity contribution in [3.63, 3.8) is 0 Å². The van der Waals surface area contributed by atoms with Gasteiger partial charge in [-0.05, 0) is 82.6 Å². The van der Waals surface area contributed by atoms with Gasteiger partial charge in [0.25, 0.3) is 0 Å². The molecule has 0 spiro atoms. The van der Waals surface area contributed by atoms with E-state index in [4.69, 9.17) is 19.4 Å². The number of furan rings is 1. The van der Waals surface area contributed by atoms with Crippen LogP contribution in [0, 0.1) is 0 Å². The highest BCUT2D eigenvalue weighted by atomic mass is 32.1. The van der Waals surface area contributed by atoms with Gasteiger partial charge in [-0.25, -0.2) is 15.0 Å². The van der Waals surface area contributed by atoms with Crippen molar-refractivity contribution in [3.05, 3.63) is 182 Å². The molecule has 0 fully saturated rings. The van der Waals surface area contributed by atoms with Crippen molar-refractivity contribution < 1.29 is 4.42 Å². The molecule has 0 saturated heterocycles. The van der Waals surface area contributed by atoms with Crippen LogP contribution < -0.4 is 0 Å². The third-order valence-electron chi connectivity index (χ3n) is 10.8. The first kappa shape index (κ1) is 32.5. The number of benzene rings is 7. The van der Waals surface area contributed by atoms with Crippen LogP contribution in [0.5, 0.6) is 0 Å². The van der Waals surface area contributed by atoms with Crippen LogP contribution in [0.4, 0.5) is 0 Å². The third kappa shape index (κ3) is 5.55. The molecule has 0 aliphatic heterocycles. The lowest BCUT2D eigenvalue weighted by Gasteiger charge is -2.13. The normalized spacial score (nSPS) is 12.9. The number of aromatic nitrogens is 3. The summed E-state index contributed by atoms with van der Waals surface area (Å²) in [6.45, 7) is 0. The van der Waals surface area contributed by atoms with Crippen LogP contribution in [0.1, 0.15) is 18.7 Å². The molecule has 0 N–H and O–H groups in total. The number of thiophene rings is 1. The average Bonchev–Trinajstić information content (AvgIpc) is 3.85. The summed E-state index contributed by atoms with van der Waals surface area (Å²) in [5.41, 5.74) is 11.6. The molecule has 264 valence electrons. The van der Waals surface area contributed by atoms with Gasteiger partial charge in [-0.1, -0.05) is 140 Å². The Morgan fingerprint density at radius 1 is 0.446 bits per heavy atom. The van der Waals surface area contributed by atoms with Gasteiger partial charge in [-0.15, -0.1) is 11.3 Å². The Morgan fingerprint density at radius 2 is 1.16 bits per heavy atom. The summed E-state index contributed by atoms with van der Waals surface area (Å²) in [4.78, 5) is 15.0. The van der Waals surface area contributed by atoms with Crippen molar-refractivity contribution in [1.29, 1.82) is 0 Å². The van der Waals surface area contributed by atoms with E-state index in [9.17, 15) is 0 Å². The van der Waals surface area contributed by atoms with Crippen molar-refractivity contribution in [3.8, 4) is 56.2 Å². The van der Waals surface area contributed by atoms with Crippen molar-refractivity contribution in [1.82, 2.24) is 15.0 Å². The first-order valence-corrected chi connectivity index (χ1v) is 19.8. The molecule has 0 unspecified atom stereocenters. The van der Waals surface area contributed by atoms with Gasteiger partial charge in [0.05, 0.1) is 0 Å². The topological polar surface area (TPSA) is 51.8 Å². The van der Waals surface area contributed by atoms with E-state index in [-0.39, 0.29) is 0 Å². The van der Waals surface area contributed by atoms with Crippen LogP contribution in [-0.2, 0) is 0 Å². The van der Waals surface area contributed by atoms with E-state index in [2.05, 4.69) is 146 Å². The Balaban J connectivity index is 1.04. The monoisotopic (exact) mass is 735 g/mol. The summed E-state index contributed by atoms with van der Waals surface area (Å²) in [7, 11) is 0. The maximum Gasteiger partial charge on any atom is 0.164 e. The largest absolute Gasteiger partial charge is 0.456 e. The first-order chi connectivity index (χ1) is 27.7. The summed E-state index contributed by atoms with van der Waals surface area (Å²) in [6, 6.07) is 55.7. The fourth-order valence-electron chi connectivity index (χ4n) is 8.15. The van der Waals surface area contributed by atoms with E-state index < -0.39 is 0 Å². The summed E-state index contributed by atoms with van der Waals surface area (Å²) in [6.07, 6.45) is 8.52. The van der Waals surface area contributed by atoms with Gasteiger partial charge in [-0.2, -0.15) is 0 Å². The second-order valence-corrected chi connectivity index (χ2v) is 15.3. The van der Waals surface area contributed by atoms with Crippen molar-refractivity contribution in [2.75, 3.05) is 0 Å². The molecule has 7 aromatic carbocycles. The van der Waals surface area contributed by atoms with Gasteiger partial charge in [0.2, 0.25) is 0 Å². The molecule has 56 heavy (non-hydrogen) atoms. The Bertz CT molecular complexity index is 3190. The number of fused-ring (bicyclic) bond motifs is 6. The predicted molar refractivity (Wildman–Crippen MR) is 234 cm³/mol. The summed E-state index contributed by atoms with van der Waals surface area (Å²) in [5.74, 6) is 2.00. The van der Waals surface area contributed by atoms with E-state index in [1.165, 1.54) is 36.9 Å². The molecule has 3 heterocycles. The minimum atomic E-state index is 0.647. The molecule has 0 bridgehead atoms. The number of hydrogen-bond acceptors (Lipinski definition) is 5. The Kier molecular flexibility index (Phi) is 7.78. The highest BCUT2D eigenvalue weighted by molar-refractivity contribution is 7.26. The molecular formula is C51H33N3OS. The molecule has 1 aliphatic rings. The molecule has 3 aromatic heterocycles. The predicted octanol–water partition coefficient (Wildman–Crippen LogP) is 14.2. The van der Waals surface area contributed by atoms with Crippen LogP contribution >= 0.6 is 11.3 Å². The molecule has 0 atom stereocenters. The van der Waals surface area contributed by atoms with E-state index in [0.29, 0.717) is 17.5 Å². The van der Waals surface area contributed by atoms with Gasteiger partial charge < -0.3 is 4.42 Å². The molecule has 10 aromatic rings. The Hall–Kier alpha value is -6.95. The van der Waals surface area contributed by atoms with Gasteiger partial charge in [0, 0.05) is 47.6 Å². The number of rotatable bonds is 6. The summed E-state index contributed by atoms with van der Waals surface area (Å²) in [5, 5.41) is 4.76. The van der Waals surface area contributed by atoms with Crippen molar-refractivity contribution in [2.24, 2.45) is 0 Å². The van der Waals surface area contributed by atoms with Gasteiger partial charge >= 0.3 is 0 Å². The highest BCUT2D eigenvalue weighted by Gasteiger charge is 2.20. The lowest BCUT2D eigenvalue weighted by molar-refractivity contribution is 0.669. The number of allylic oxidation sites excluding steroid dienone is 4. The zero-order valence-corrected chi connectivity index (χ0v) is 31.1. The Morgan fingerprint density at radius 3 is 2.00 bits per heavy atom. The van der Waals surface area contributed by atoms with Crippen LogP contribution in [-0.4, -0.2) is 15.0 Å². The lowest BCUT2D eigenvalue weighted by Crippen LogP contribution is -2.03. The Labute approximate surface area is 327 Å². The average molecular weight is 736 g/mol. The maximum atomic E-state index is 6.68. The standard InChI is InChI=1S/C51H33N3OS/c1-4-14-32(15-5-1)46-39(28-29-45-48(46)41-22-10-11-25-44(41)56-45)36-26-27-40-43(31-36)55-42-24-13-23-38(47(40)42)35-20-12-21-37(30-35)51-53-49(33-16-6-2-7-17-33)52-50(54-51)34-18-8-3-9-19-34/h1-2,4-8,10-31H,3,9H2. The molecule has 4 nitrogen and oxygen atoms in total.